The van der Waals surface area contributed by atoms with Crippen LogP contribution in [0.4, 0.5) is 0 Å². The SMILES string of the molecule is COC(=O)c1ccc(Cl)c(S(=O)(=O)Oc2cccc(C)c2C)c1. The smallest absolute Gasteiger partial charge is 0.340 e. The van der Waals surface area contributed by atoms with Crippen molar-refractivity contribution in [1.29, 1.82) is 0 Å². The molecular weight excluding hydrogens is 340 g/mol. The molecule has 0 saturated heterocycles. The van der Waals surface area contributed by atoms with Crippen LogP contribution in [0.5, 0.6) is 5.75 Å². The molecule has 23 heavy (non-hydrogen) atoms. The Hall–Kier alpha value is -2.05. The molecule has 2 rings (SSSR count). The third-order valence-electron chi connectivity index (χ3n) is 3.38. The lowest BCUT2D eigenvalue weighted by molar-refractivity contribution is 0.0600. The van der Waals surface area contributed by atoms with Crippen molar-refractivity contribution in [2.75, 3.05) is 7.11 Å². The maximum atomic E-state index is 12.5. The summed E-state index contributed by atoms with van der Waals surface area (Å²) in [7, 11) is -2.98. The summed E-state index contributed by atoms with van der Waals surface area (Å²) in [6.07, 6.45) is 0. The third-order valence-corrected chi connectivity index (χ3v) is 5.09. The number of carbonyl (C=O) groups is 1. The number of aryl methyl sites for hydroxylation is 1. The van der Waals surface area contributed by atoms with Crippen molar-refractivity contribution in [2.24, 2.45) is 0 Å². The number of carbonyl (C=O) groups excluding carboxylic acids is 1. The topological polar surface area (TPSA) is 69.7 Å². The van der Waals surface area contributed by atoms with Gasteiger partial charge in [0, 0.05) is 0 Å². The summed E-state index contributed by atoms with van der Waals surface area (Å²) in [5.74, 6) is -0.450. The first kappa shape index (κ1) is 17.3. The minimum atomic E-state index is -4.19. The lowest BCUT2D eigenvalue weighted by atomic mass is 10.1. The number of benzene rings is 2. The molecule has 0 fully saturated rings. The Balaban J connectivity index is 2.47. The molecular formula is C16H15ClO5S. The second-order valence-corrected chi connectivity index (χ2v) is 6.79. The fourth-order valence-electron chi connectivity index (χ4n) is 1.92. The number of esters is 1. The fraction of sp³-hybridized carbons (Fsp3) is 0.188. The largest absolute Gasteiger partial charge is 0.465 e. The summed E-state index contributed by atoms with van der Waals surface area (Å²) in [4.78, 5) is 11.3. The van der Waals surface area contributed by atoms with Gasteiger partial charge in [0.2, 0.25) is 0 Å². The van der Waals surface area contributed by atoms with Gasteiger partial charge in [-0.05, 0) is 49.2 Å². The van der Waals surface area contributed by atoms with Crippen molar-refractivity contribution in [3.63, 3.8) is 0 Å². The van der Waals surface area contributed by atoms with E-state index in [0.717, 1.165) is 11.6 Å². The highest BCUT2D eigenvalue weighted by atomic mass is 35.5. The van der Waals surface area contributed by atoms with Crippen LogP contribution in [0.25, 0.3) is 0 Å². The van der Waals surface area contributed by atoms with E-state index >= 15 is 0 Å². The molecule has 0 aliphatic heterocycles. The second-order valence-electron chi connectivity index (χ2n) is 4.87. The van der Waals surface area contributed by atoms with Gasteiger partial charge < -0.3 is 8.92 Å². The normalized spacial score (nSPS) is 11.1. The van der Waals surface area contributed by atoms with E-state index in [9.17, 15) is 13.2 Å². The van der Waals surface area contributed by atoms with Crippen LogP contribution in [0.3, 0.4) is 0 Å². The van der Waals surface area contributed by atoms with E-state index in [0.29, 0.717) is 5.56 Å². The summed E-state index contributed by atoms with van der Waals surface area (Å²) >= 11 is 5.95. The molecule has 5 nitrogen and oxygen atoms in total. The maximum absolute atomic E-state index is 12.5. The third kappa shape index (κ3) is 3.65. The summed E-state index contributed by atoms with van der Waals surface area (Å²) < 4.78 is 34.7. The quantitative estimate of drug-likeness (QED) is 0.620. The fourth-order valence-corrected chi connectivity index (χ4v) is 3.40. The standard InChI is InChI=1S/C16H15ClO5S/c1-10-5-4-6-14(11(10)2)22-23(19,20)15-9-12(16(18)21-3)7-8-13(15)17/h4-9H,1-3H3. The molecule has 2 aromatic carbocycles. The molecule has 0 atom stereocenters. The number of hydrogen-bond acceptors (Lipinski definition) is 5. The van der Waals surface area contributed by atoms with Gasteiger partial charge in [-0.2, -0.15) is 8.42 Å². The first-order chi connectivity index (χ1) is 10.8. The highest BCUT2D eigenvalue weighted by molar-refractivity contribution is 7.87. The molecule has 7 heteroatoms. The number of hydrogen-bond donors (Lipinski definition) is 0. The summed E-state index contributed by atoms with van der Waals surface area (Å²) in [6.45, 7) is 3.60. The molecule has 0 amide bonds. The van der Waals surface area contributed by atoms with Gasteiger partial charge >= 0.3 is 16.1 Å². The lowest BCUT2D eigenvalue weighted by Crippen LogP contribution is -2.13. The number of ether oxygens (including phenoxy) is 1. The predicted molar refractivity (Wildman–Crippen MR) is 86.5 cm³/mol. The maximum Gasteiger partial charge on any atom is 0.340 e. The van der Waals surface area contributed by atoms with Gasteiger partial charge in [0.1, 0.15) is 10.6 Å². The van der Waals surface area contributed by atoms with Crippen LogP contribution in [0, 0.1) is 13.8 Å². The van der Waals surface area contributed by atoms with Crippen molar-refractivity contribution in [3.8, 4) is 5.75 Å². The van der Waals surface area contributed by atoms with E-state index in [2.05, 4.69) is 4.74 Å². The minimum absolute atomic E-state index is 0.0389. The van der Waals surface area contributed by atoms with Crippen LogP contribution >= 0.6 is 11.6 Å². The van der Waals surface area contributed by atoms with E-state index in [1.165, 1.54) is 19.2 Å². The Morgan fingerprint density at radius 2 is 1.83 bits per heavy atom. The molecule has 0 unspecified atom stereocenters. The molecule has 0 saturated carbocycles. The van der Waals surface area contributed by atoms with Gasteiger partial charge in [0.05, 0.1) is 17.7 Å². The highest BCUT2D eigenvalue weighted by Crippen LogP contribution is 2.29. The molecule has 0 aliphatic carbocycles. The van der Waals surface area contributed by atoms with Gasteiger partial charge in [-0.3, -0.25) is 0 Å². The van der Waals surface area contributed by atoms with Crippen molar-refractivity contribution in [1.82, 2.24) is 0 Å². The minimum Gasteiger partial charge on any atom is -0.465 e. The lowest BCUT2D eigenvalue weighted by Gasteiger charge is -2.12. The Morgan fingerprint density at radius 3 is 2.48 bits per heavy atom. The van der Waals surface area contributed by atoms with Gasteiger partial charge in [0.15, 0.2) is 0 Å². The zero-order valence-electron chi connectivity index (χ0n) is 12.8. The molecule has 2 aromatic rings. The van der Waals surface area contributed by atoms with Crippen molar-refractivity contribution < 1.29 is 22.1 Å². The summed E-state index contributed by atoms with van der Waals surface area (Å²) in [5.41, 5.74) is 1.67. The number of rotatable bonds is 4. The first-order valence-corrected chi connectivity index (χ1v) is 8.43. The van der Waals surface area contributed by atoms with Gasteiger partial charge in [-0.1, -0.05) is 23.7 Å². The monoisotopic (exact) mass is 354 g/mol. The molecule has 0 spiro atoms. The van der Waals surface area contributed by atoms with Gasteiger partial charge in [-0.25, -0.2) is 4.79 Å². The molecule has 0 aromatic heterocycles. The summed E-state index contributed by atoms with van der Waals surface area (Å²) in [5, 5.41) is -0.0389. The summed E-state index contributed by atoms with van der Waals surface area (Å²) in [6, 6.07) is 8.92. The van der Waals surface area contributed by atoms with E-state index in [1.54, 1.807) is 19.1 Å². The highest BCUT2D eigenvalue weighted by Gasteiger charge is 2.23. The van der Waals surface area contributed by atoms with E-state index in [-0.39, 0.29) is 21.2 Å². The number of halogens is 1. The predicted octanol–water partition coefficient (Wildman–Crippen LogP) is 3.51. The van der Waals surface area contributed by atoms with Crippen LogP contribution < -0.4 is 4.18 Å². The van der Waals surface area contributed by atoms with Crippen LogP contribution in [-0.2, 0) is 14.9 Å². The molecule has 0 N–H and O–H groups in total. The zero-order chi connectivity index (χ0) is 17.2. The second kappa shape index (κ2) is 6.60. The first-order valence-electron chi connectivity index (χ1n) is 6.65. The Morgan fingerprint density at radius 1 is 1.13 bits per heavy atom. The molecule has 0 aliphatic rings. The molecule has 0 bridgehead atoms. The van der Waals surface area contributed by atoms with Crippen LogP contribution in [0.1, 0.15) is 21.5 Å². The molecule has 0 heterocycles. The van der Waals surface area contributed by atoms with E-state index in [1.807, 2.05) is 13.0 Å². The van der Waals surface area contributed by atoms with Gasteiger partial charge in [-0.15, -0.1) is 0 Å². The van der Waals surface area contributed by atoms with Crippen LogP contribution in [-0.4, -0.2) is 21.5 Å². The van der Waals surface area contributed by atoms with E-state index in [4.69, 9.17) is 15.8 Å². The molecule has 122 valence electrons. The van der Waals surface area contributed by atoms with Crippen molar-refractivity contribution in [2.45, 2.75) is 18.7 Å². The molecule has 0 radical (unpaired) electrons. The van der Waals surface area contributed by atoms with Crippen molar-refractivity contribution in [3.05, 3.63) is 58.1 Å². The van der Waals surface area contributed by atoms with Crippen LogP contribution in [0.2, 0.25) is 5.02 Å². The Bertz CT molecular complexity index is 859. The Labute approximate surface area is 139 Å². The Kier molecular flexibility index (Phi) is 4.97. The van der Waals surface area contributed by atoms with Crippen molar-refractivity contribution >= 4 is 27.7 Å². The van der Waals surface area contributed by atoms with Gasteiger partial charge in [0.25, 0.3) is 0 Å². The van der Waals surface area contributed by atoms with Crippen LogP contribution in [0.15, 0.2) is 41.3 Å². The average Bonchev–Trinajstić information content (AvgIpc) is 2.51. The number of methoxy groups -OCH3 is 1. The average molecular weight is 355 g/mol. The zero-order valence-corrected chi connectivity index (χ0v) is 14.4. The van der Waals surface area contributed by atoms with E-state index < -0.39 is 16.1 Å².